The largest absolute Gasteiger partial charge is 0.355 e. The minimum absolute atomic E-state index is 0.155. The first-order valence-electron chi connectivity index (χ1n) is 4.38. The molecular weight excluding hydrogens is 174 g/mol. The molecule has 0 saturated heterocycles. The third kappa shape index (κ3) is 2.90. The van der Waals surface area contributed by atoms with E-state index in [-0.39, 0.29) is 5.91 Å². The zero-order valence-corrected chi connectivity index (χ0v) is 8.16. The van der Waals surface area contributed by atoms with Gasteiger partial charge in [0.15, 0.2) is 0 Å². The molecule has 1 rings (SSSR count). The van der Waals surface area contributed by atoms with Crippen LogP contribution in [0.5, 0.6) is 0 Å². The Kier molecular flexibility index (Phi) is 3.68. The molecule has 2 heteroatoms. The van der Waals surface area contributed by atoms with E-state index in [0.717, 1.165) is 5.56 Å². The van der Waals surface area contributed by atoms with Crippen molar-refractivity contribution in [1.82, 2.24) is 5.32 Å². The van der Waals surface area contributed by atoms with Crippen LogP contribution in [0.2, 0.25) is 0 Å². The SMILES string of the molecule is C=C(C=Cc1ccccc1)C(=O)NC. The van der Waals surface area contributed by atoms with Gasteiger partial charge in [0.25, 0.3) is 0 Å². The molecule has 1 aromatic carbocycles. The zero-order valence-electron chi connectivity index (χ0n) is 8.16. The van der Waals surface area contributed by atoms with Crippen LogP contribution in [-0.4, -0.2) is 13.0 Å². The number of rotatable bonds is 3. The highest BCUT2D eigenvalue weighted by atomic mass is 16.1. The van der Waals surface area contributed by atoms with Gasteiger partial charge < -0.3 is 5.32 Å². The van der Waals surface area contributed by atoms with Crippen molar-refractivity contribution in [3.63, 3.8) is 0 Å². The Balaban J connectivity index is 2.65. The van der Waals surface area contributed by atoms with Crippen molar-refractivity contribution in [2.45, 2.75) is 0 Å². The third-order valence-corrected chi connectivity index (χ3v) is 1.80. The van der Waals surface area contributed by atoms with Crippen molar-refractivity contribution < 1.29 is 4.79 Å². The van der Waals surface area contributed by atoms with Crippen LogP contribution in [0.25, 0.3) is 6.08 Å². The molecule has 0 unspecified atom stereocenters. The number of likely N-dealkylation sites (N-methyl/N-ethyl adjacent to an activating group) is 1. The predicted molar refractivity (Wildman–Crippen MR) is 58.7 cm³/mol. The normalized spacial score (nSPS) is 10.1. The molecule has 0 aliphatic heterocycles. The van der Waals surface area contributed by atoms with Crippen LogP contribution < -0.4 is 5.32 Å². The fourth-order valence-electron chi connectivity index (χ4n) is 0.997. The van der Waals surface area contributed by atoms with E-state index in [9.17, 15) is 4.79 Å². The molecule has 0 saturated carbocycles. The van der Waals surface area contributed by atoms with Gasteiger partial charge in [-0.25, -0.2) is 0 Å². The molecule has 72 valence electrons. The van der Waals surface area contributed by atoms with Gasteiger partial charge in [-0.05, 0) is 11.6 Å². The molecule has 0 aromatic heterocycles. The first-order valence-corrected chi connectivity index (χ1v) is 4.38. The van der Waals surface area contributed by atoms with Crippen LogP contribution in [0, 0.1) is 0 Å². The lowest BCUT2D eigenvalue weighted by Crippen LogP contribution is -2.18. The van der Waals surface area contributed by atoms with E-state index in [1.807, 2.05) is 36.4 Å². The summed E-state index contributed by atoms with van der Waals surface area (Å²) in [6, 6.07) is 9.77. The van der Waals surface area contributed by atoms with Crippen molar-refractivity contribution in [2.75, 3.05) is 7.05 Å². The molecule has 2 nitrogen and oxygen atoms in total. The summed E-state index contributed by atoms with van der Waals surface area (Å²) in [6.45, 7) is 3.64. The molecule has 0 bridgehead atoms. The number of carbonyl (C=O) groups is 1. The Morgan fingerprint density at radius 2 is 2.00 bits per heavy atom. The molecule has 0 atom stereocenters. The lowest BCUT2D eigenvalue weighted by atomic mass is 10.1. The summed E-state index contributed by atoms with van der Waals surface area (Å²) < 4.78 is 0. The maximum Gasteiger partial charge on any atom is 0.250 e. The van der Waals surface area contributed by atoms with Crippen molar-refractivity contribution in [2.24, 2.45) is 0 Å². The van der Waals surface area contributed by atoms with Gasteiger partial charge in [0.2, 0.25) is 5.91 Å². The molecule has 1 aromatic rings. The van der Waals surface area contributed by atoms with Gasteiger partial charge >= 0.3 is 0 Å². The van der Waals surface area contributed by atoms with E-state index < -0.39 is 0 Å². The summed E-state index contributed by atoms with van der Waals surface area (Å²) in [5.41, 5.74) is 1.51. The second-order valence-electron chi connectivity index (χ2n) is 2.85. The summed E-state index contributed by atoms with van der Waals surface area (Å²) in [4.78, 5) is 11.1. The quantitative estimate of drug-likeness (QED) is 0.569. The van der Waals surface area contributed by atoms with Gasteiger partial charge in [-0.3, -0.25) is 4.79 Å². The maximum atomic E-state index is 11.1. The molecule has 1 amide bonds. The lowest BCUT2D eigenvalue weighted by Gasteiger charge is -1.96. The highest BCUT2D eigenvalue weighted by molar-refractivity contribution is 5.96. The fraction of sp³-hybridized carbons (Fsp3) is 0.0833. The van der Waals surface area contributed by atoms with Crippen LogP contribution in [0.1, 0.15) is 5.56 Å². The highest BCUT2D eigenvalue weighted by Gasteiger charge is 1.97. The molecule has 0 aliphatic carbocycles. The Hall–Kier alpha value is -1.83. The number of amides is 1. The monoisotopic (exact) mass is 187 g/mol. The second-order valence-corrected chi connectivity index (χ2v) is 2.85. The molecule has 0 aliphatic rings. The third-order valence-electron chi connectivity index (χ3n) is 1.80. The van der Waals surface area contributed by atoms with E-state index in [1.54, 1.807) is 13.1 Å². The first-order chi connectivity index (χ1) is 6.74. The molecular formula is C12H13NO. The number of nitrogens with one attached hydrogen (secondary N) is 1. The van der Waals surface area contributed by atoms with Crippen molar-refractivity contribution >= 4 is 12.0 Å². The summed E-state index contributed by atoms with van der Waals surface area (Å²) >= 11 is 0. The minimum Gasteiger partial charge on any atom is -0.355 e. The van der Waals surface area contributed by atoms with Crippen LogP contribution >= 0.6 is 0 Å². The standard InChI is InChI=1S/C12H13NO/c1-10(12(14)13-2)8-9-11-6-4-3-5-7-11/h3-9H,1H2,2H3,(H,13,14). The van der Waals surface area contributed by atoms with E-state index in [2.05, 4.69) is 11.9 Å². The van der Waals surface area contributed by atoms with Crippen LogP contribution in [0.4, 0.5) is 0 Å². The average molecular weight is 187 g/mol. The molecule has 0 radical (unpaired) electrons. The Morgan fingerprint density at radius 1 is 1.36 bits per heavy atom. The highest BCUT2D eigenvalue weighted by Crippen LogP contribution is 2.03. The summed E-state index contributed by atoms with van der Waals surface area (Å²) in [5, 5.41) is 2.51. The van der Waals surface area contributed by atoms with E-state index in [4.69, 9.17) is 0 Å². The van der Waals surface area contributed by atoms with Gasteiger partial charge in [-0.1, -0.05) is 43.0 Å². The number of hydrogen-bond acceptors (Lipinski definition) is 1. The van der Waals surface area contributed by atoms with Crippen LogP contribution in [-0.2, 0) is 4.79 Å². The molecule has 14 heavy (non-hydrogen) atoms. The van der Waals surface area contributed by atoms with Gasteiger partial charge in [0, 0.05) is 12.6 Å². The fourth-order valence-corrected chi connectivity index (χ4v) is 0.997. The van der Waals surface area contributed by atoms with Crippen molar-refractivity contribution in [1.29, 1.82) is 0 Å². The van der Waals surface area contributed by atoms with E-state index >= 15 is 0 Å². The Bertz CT molecular complexity index is 352. The topological polar surface area (TPSA) is 29.1 Å². The Morgan fingerprint density at radius 3 is 2.57 bits per heavy atom. The lowest BCUT2D eigenvalue weighted by molar-refractivity contribution is -0.116. The van der Waals surface area contributed by atoms with Crippen molar-refractivity contribution in [3.05, 3.63) is 54.1 Å². The van der Waals surface area contributed by atoms with E-state index in [0.29, 0.717) is 5.57 Å². The van der Waals surface area contributed by atoms with Gasteiger partial charge in [-0.2, -0.15) is 0 Å². The Labute approximate surface area is 84.0 Å². The second kappa shape index (κ2) is 5.02. The summed E-state index contributed by atoms with van der Waals surface area (Å²) in [5.74, 6) is -0.155. The minimum atomic E-state index is -0.155. The van der Waals surface area contributed by atoms with Crippen LogP contribution in [0.3, 0.4) is 0 Å². The summed E-state index contributed by atoms with van der Waals surface area (Å²) in [6.07, 6.45) is 3.56. The first kappa shape index (κ1) is 10.3. The number of benzene rings is 1. The molecule has 0 spiro atoms. The van der Waals surface area contributed by atoms with Crippen LogP contribution in [0.15, 0.2) is 48.6 Å². The van der Waals surface area contributed by atoms with E-state index in [1.165, 1.54) is 0 Å². The zero-order chi connectivity index (χ0) is 10.4. The summed E-state index contributed by atoms with van der Waals surface area (Å²) in [7, 11) is 1.59. The molecule has 0 fully saturated rings. The predicted octanol–water partition coefficient (Wildman–Crippen LogP) is 2.00. The van der Waals surface area contributed by atoms with Crippen molar-refractivity contribution in [3.8, 4) is 0 Å². The smallest absolute Gasteiger partial charge is 0.250 e. The van der Waals surface area contributed by atoms with Gasteiger partial charge in [0.05, 0.1) is 0 Å². The van der Waals surface area contributed by atoms with Gasteiger partial charge in [0.1, 0.15) is 0 Å². The number of hydrogen-bond donors (Lipinski definition) is 1. The average Bonchev–Trinajstić information content (AvgIpc) is 2.26. The maximum absolute atomic E-state index is 11.1. The molecule has 0 heterocycles. The number of carbonyl (C=O) groups excluding carboxylic acids is 1. The van der Waals surface area contributed by atoms with Gasteiger partial charge in [-0.15, -0.1) is 0 Å². The molecule has 1 N–H and O–H groups in total.